The quantitative estimate of drug-likeness (QED) is 0.850. The lowest BCUT2D eigenvalue weighted by atomic mass is 10.0. The number of fused-ring (bicyclic) bond motifs is 1. The van der Waals surface area contributed by atoms with Crippen LogP contribution in [0.5, 0.6) is 5.75 Å². The fourth-order valence-electron chi connectivity index (χ4n) is 2.75. The summed E-state index contributed by atoms with van der Waals surface area (Å²) in [7, 11) is 2.23. The highest BCUT2D eigenvalue weighted by molar-refractivity contribution is 5.40. The van der Waals surface area contributed by atoms with Crippen LogP contribution in [0, 0.1) is 0 Å². The molecule has 2 aliphatic rings. The average Bonchev–Trinajstić information content (AvgIpc) is 3.16. The van der Waals surface area contributed by atoms with Crippen LogP contribution in [0.15, 0.2) is 18.2 Å². The van der Waals surface area contributed by atoms with Crippen molar-refractivity contribution in [3.63, 3.8) is 0 Å². The largest absolute Gasteiger partial charge is 0.493 e. The van der Waals surface area contributed by atoms with E-state index >= 15 is 0 Å². The van der Waals surface area contributed by atoms with Crippen molar-refractivity contribution in [3.05, 3.63) is 29.3 Å². The van der Waals surface area contributed by atoms with Crippen LogP contribution in [0.4, 0.5) is 0 Å². The monoisotopic (exact) mass is 260 g/mol. The Kier molecular flexibility index (Phi) is 3.76. The first-order valence-corrected chi connectivity index (χ1v) is 7.43. The zero-order valence-electron chi connectivity index (χ0n) is 12.0. The molecule has 1 aromatic carbocycles. The zero-order chi connectivity index (χ0) is 13.2. The first-order chi connectivity index (χ1) is 9.24. The first kappa shape index (κ1) is 12.9. The first-order valence-electron chi connectivity index (χ1n) is 7.43. The maximum atomic E-state index is 5.55. The predicted molar refractivity (Wildman–Crippen MR) is 77.7 cm³/mol. The minimum absolute atomic E-state index is 0.415. The molecule has 0 spiro atoms. The maximum absolute atomic E-state index is 5.55. The van der Waals surface area contributed by atoms with Gasteiger partial charge in [-0.2, -0.15) is 0 Å². The van der Waals surface area contributed by atoms with E-state index in [9.17, 15) is 0 Å². The number of hydrogen-bond donors (Lipinski definition) is 1. The number of rotatable bonds is 6. The molecule has 1 atom stereocenters. The van der Waals surface area contributed by atoms with E-state index in [1.54, 1.807) is 0 Å². The van der Waals surface area contributed by atoms with Gasteiger partial charge in [-0.3, -0.25) is 0 Å². The van der Waals surface area contributed by atoms with Crippen molar-refractivity contribution in [1.82, 2.24) is 10.2 Å². The fourth-order valence-corrected chi connectivity index (χ4v) is 2.75. The minimum Gasteiger partial charge on any atom is -0.493 e. The Morgan fingerprint density at radius 2 is 2.26 bits per heavy atom. The lowest BCUT2D eigenvalue weighted by molar-refractivity contribution is 0.316. The van der Waals surface area contributed by atoms with Crippen LogP contribution in [0.3, 0.4) is 0 Å². The maximum Gasteiger partial charge on any atom is 0.122 e. The molecule has 1 N–H and O–H groups in total. The summed E-state index contributed by atoms with van der Waals surface area (Å²) in [5, 5.41) is 3.62. The molecule has 3 heteroatoms. The SMILES string of the molecule is CC(NCCN(C)C1CC1)c1ccc2c(c1)CCO2. The van der Waals surface area contributed by atoms with Crippen molar-refractivity contribution in [3.8, 4) is 5.75 Å². The summed E-state index contributed by atoms with van der Waals surface area (Å²) in [5.74, 6) is 1.07. The van der Waals surface area contributed by atoms with Crippen LogP contribution in [-0.2, 0) is 6.42 Å². The van der Waals surface area contributed by atoms with Crippen LogP contribution in [0.25, 0.3) is 0 Å². The highest BCUT2D eigenvalue weighted by Gasteiger charge is 2.25. The molecule has 1 aliphatic carbocycles. The number of nitrogens with one attached hydrogen (secondary N) is 1. The third kappa shape index (κ3) is 3.10. The Balaban J connectivity index is 1.50. The van der Waals surface area contributed by atoms with Crippen molar-refractivity contribution in [2.24, 2.45) is 0 Å². The normalized spacial score (nSPS) is 19.3. The van der Waals surface area contributed by atoms with Gasteiger partial charge in [0.2, 0.25) is 0 Å². The van der Waals surface area contributed by atoms with Crippen molar-refractivity contribution in [1.29, 1.82) is 0 Å². The van der Waals surface area contributed by atoms with E-state index in [4.69, 9.17) is 4.74 Å². The van der Waals surface area contributed by atoms with Gasteiger partial charge in [0.15, 0.2) is 0 Å². The molecule has 1 saturated carbocycles. The molecule has 0 aromatic heterocycles. The van der Waals surface area contributed by atoms with Crippen molar-refractivity contribution < 1.29 is 4.74 Å². The molecule has 0 bridgehead atoms. The third-order valence-corrected chi connectivity index (χ3v) is 4.30. The van der Waals surface area contributed by atoms with Crippen molar-refractivity contribution in [2.45, 2.75) is 38.3 Å². The summed E-state index contributed by atoms with van der Waals surface area (Å²) in [6.07, 6.45) is 3.83. The summed E-state index contributed by atoms with van der Waals surface area (Å²) >= 11 is 0. The Morgan fingerprint density at radius 3 is 3.05 bits per heavy atom. The zero-order valence-corrected chi connectivity index (χ0v) is 12.0. The Bertz CT molecular complexity index is 442. The van der Waals surface area contributed by atoms with Gasteiger partial charge in [-0.05, 0) is 44.0 Å². The number of nitrogens with zero attached hydrogens (tertiary/aromatic N) is 1. The second-order valence-electron chi connectivity index (χ2n) is 5.85. The molecule has 1 aliphatic heterocycles. The van der Waals surface area contributed by atoms with Gasteiger partial charge in [-0.15, -0.1) is 0 Å². The number of benzene rings is 1. The molecule has 3 nitrogen and oxygen atoms in total. The second kappa shape index (κ2) is 5.51. The van der Waals surface area contributed by atoms with E-state index in [1.165, 1.54) is 24.0 Å². The molecular formula is C16H24N2O. The Labute approximate surface area is 115 Å². The van der Waals surface area contributed by atoms with Gasteiger partial charge in [0.25, 0.3) is 0 Å². The number of ether oxygens (including phenoxy) is 1. The van der Waals surface area contributed by atoms with Crippen molar-refractivity contribution >= 4 is 0 Å². The van der Waals surface area contributed by atoms with E-state index < -0.39 is 0 Å². The minimum atomic E-state index is 0.415. The van der Waals surface area contributed by atoms with Gasteiger partial charge in [0.05, 0.1) is 6.61 Å². The van der Waals surface area contributed by atoms with Gasteiger partial charge in [-0.1, -0.05) is 12.1 Å². The van der Waals surface area contributed by atoms with Crippen LogP contribution in [-0.4, -0.2) is 37.7 Å². The summed E-state index contributed by atoms with van der Waals surface area (Å²) in [4.78, 5) is 2.47. The summed E-state index contributed by atoms with van der Waals surface area (Å²) in [6.45, 7) is 5.28. The molecule has 0 radical (unpaired) electrons. The Hall–Kier alpha value is -1.06. The molecule has 3 rings (SSSR count). The molecule has 1 aromatic rings. The molecule has 0 saturated heterocycles. The highest BCUT2D eigenvalue weighted by atomic mass is 16.5. The van der Waals surface area contributed by atoms with Gasteiger partial charge >= 0.3 is 0 Å². The molecule has 104 valence electrons. The topological polar surface area (TPSA) is 24.5 Å². The summed E-state index contributed by atoms with van der Waals surface area (Å²) in [6, 6.07) is 7.87. The number of hydrogen-bond acceptors (Lipinski definition) is 3. The lowest BCUT2D eigenvalue weighted by Gasteiger charge is -2.19. The van der Waals surface area contributed by atoms with Crippen LogP contribution >= 0.6 is 0 Å². The summed E-state index contributed by atoms with van der Waals surface area (Å²) in [5.41, 5.74) is 2.74. The van der Waals surface area contributed by atoms with Gasteiger partial charge in [0.1, 0.15) is 5.75 Å². The van der Waals surface area contributed by atoms with E-state index in [2.05, 4.69) is 42.4 Å². The molecule has 1 unspecified atom stereocenters. The lowest BCUT2D eigenvalue weighted by Crippen LogP contribution is -2.31. The molecular weight excluding hydrogens is 236 g/mol. The van der Waals surface area contributed by atoms with E-state index in [1.807, 2.05) is 0 Å². The van der Waals surface area contributed by atoms with Crippen LogP contribution < -0.4 is 10.1 Å². The smallest absolute Gasteiger partial charge is 0.122 e. The van der Waals surface area contributed by atoms with Crippen LogP contribution in [0.1, 0.15) is 36.9 Å². The van der Waals surface area contributed by atoms with Crippen molar-refractivity contribution in [2.75, 3.05) is 26.7 Å². The van der Waals surface area contributed by atoms with Crippen LogP contribution in [0.2, 0.25) is 0 Å². The van der Waals surface area contributed by atoms with E-state index in [0.29, 0.717) is 6.04 Å². The molecule has 19 heavy (non-hydrogen) atoms. The molecule has 0 amide bonds. The summed E-state index contributed by atoms with van der Waals surface area (Å²) < 4.78 is 5.55. The van der Waals surface area contributed by atoms with Gasteiger partial charge in [0, 0.05) is 31.6 Å². The third-order valence-electron chi connectivity index (χ3n) is 4.30. The predicted octanol–water partition coefficient (Wildman–Crippen LogP) is 2.37. The Morgan fingerprint density at radius 1 is 1.42 bits per heavy atom. The van der Waals surface area contributed by atoms with Gasteiger partial charge < -0.3 is 15.0 Å². The van der Waals surface area contributed by atoms with E-state index in [-0.39, 0.29) is 0 Å². The van der Waals surface area contributed by atoms with Gasteiger partial charge in [-0.25, -0.2) is 0 Å². The molecule has 1 fully saturated rings. The average molecular weight is 260 g/mol. The highest BCUT2D eigenvalue weighted by Crippen LogP contribution is 2.28. The van der Waals surface area contributed by atoms with E-state index in [0.717, 1.165) is 37.9 Å². The second-order valence-corrected chi connectivity index (χ2v) is 5.85. The fraction of sp³-hybridized carbons (Fsp3) is 0.625. The standard InChI is InChI=1S/C16H24N2O/c1-12(17-8-9-18(2)15-4-5-15)13-3-6-16-14(11-13)7-10-19-16/h3,6,11-12,15,17H,4-5,7-10H2,1-2H3. The molecule has 1 heterocycles. The number of likely N-dealkylation sites (N-methyl/N-ethyl adjacent to an activating group) is 1.